The maximum Gasteiger partial charge on any atom is 0.229 e. The highest BCUT2D eigenvalue weighted by Crippen LogP contribution is 2.12. The number of anilines is 2. The Morgan fingerprint density at radius 3 is 2.55 bits per heavy atom. The van der Waals surface area contributed by atoms with Crippen LogP contribution in [0.15, 0.2) is 0 Å². The average Bonchev–Trinajstić information content (AvgIpc) is 2.39. The summed E-state index contributed by atoms with van der Waals surface area (Å²) in [6.07, 6.45) is 3.96. The van der Waals surface area contributed by atoms with Crippen molar-refractivity contribution in [3.05, 3.63) is 5.28 Å². The largest absolute Gasteiger partial charge is 0.354 e. The van der Waals surface area contributed by atoms with Crippen LogP contribution in [-0.2, 0) is 0 Å². The second-order valence-electron chi connectivity index (χ2n) is 5.19. The molecule has 1 aliphatic heterocycles. The number of hydrogen-bond acceptors (Lipinski definition) is 6. The smallest absolute Gasteiger partial charge is 0.229 e. The van der Waals surface area contributed by atoms with Crippen LogP contribution in [0.4, 0.5) is 11.9 Å². The van der Waals surface area contributed by atoms with Gasteiger partial charge < -0.3 is 15.5 Å². The summed E-state index contributed by atoms with van der Waals surface area (Å²) >= 11 is 5.91. The molecule has 1 unspecified atom stereocenters. The number of hydrogen-bond donors (Lipinski definition) is 2. The van der Waals surface area contributed by atoms with Crippen LogP contribution in [0, 0.1) is 0 Å². The zero-order valence-corrected chi connectivity index (χ0v) is 12.9. The van der Waals surface area contributed by atoms with E-state index in [0.717, 1.165) is 13.1 Å². The van der Waals surface area contributed by atoms with Gasteiger partial charge in [-0.2, -0.15) is 15.0 Å². The molecule has 0 bridgehead atoms. The Balaban J connectivity index is 1.90. The van der Waals surface area contributed by atoms with Crippen LogP contribution in [0.25, 0.3) is 0 Å². The van der Waals surface area contributed by atoms with Crippen molar-refractivity contribution >= 4 is 23.5 Å². The van der Waals surface area contributed by atoms with Gasteiger partial charge in [0.1, 0.15) is 0 Å². The van der Waals surface area contributed by atoms with Crippen molar-refractivity contribution in [3.8, 4) is 0 Å². The SMILES string of the molecule is CCNc1nc(Cl)nc(NC(C)CN2CCCCC2)n1. The first kappa shape index (κ1) is 15.3. The van der Waals surface area contributed by atoms with E-state index in [1.54, 1.807) is 0 Å². The molecule has 0 radical (unpaired) electrons. The highest BCUT2D eigenvalue weighted by atomic mass is 35.5. The standard InChI is InChI=1S/C13H23ClN6/c1-3-15-12-17-11(14)18-13(19-12)16-10(2)9-20-7-5-4-6-8-20/h10H,3-9H2,1-2H3,(H2,15,16,17,18,19). The minimum absolute atomic E-state index is 0.212. The Bertz CT molecular complexity index is 421. The van der Waals surface area contributed by atoms with Gasteiger partial charge in [-0.1, -0.05) is 6.42 Å². The van der Waals surface area contributed by atoms with Crippen LogP contribution in [0.2, 0.25) is 5.28 Å². The van der Waals surface area contributed by atoms with Gasteiger partial charge in [-0.05, 0) is 51.4 Å². The second kappa shape index (κ2) is 7.59. The van der Waals surface area contributed by atoms with Crippen molar-refractivity contribution < 1.29 is 0 Å². The highest BCUT2D eigenvalue weighted by Gasteiger charge is 2.14. The van der Waals surface area contributed by atoms with E-state index in [1.807, 2.05) is 6.92 Å². The lowest BCUT2D eigenvalue weighted by Crippen LogP contribution is -2.38. The van der Waals surface area contributed by atoms with Crippen molar-refractivity contribution in [2.45, 2.75) is 39.2 Å². The number of nitrogens with one attached hydrogen (secondary N) is 2. The average molecular weight is 299 g/mol. The van der Waals surface area contributed by atoms with E-state index in [0.29, 0.717) is 11.9 Å². The van der Waals surface area contributed by atoms with Crippen molar-refractivity contribution in [1.82, 2.24) is 19.9 Å². The van der Waals surface area contributed by atoms with E-state index in [9.17, 15) is 0 Å². The summed E-state index contributed by atoms with van der Waals surface area (Å²) in [6, 6.07) is 0.279. The molecule has 20 heavy (non-hydrogen) atoms. The Morgan fingerprint density at radius 2 is 1.85 bits per heavy atom. The monoisotopic (exact) mass is 298 g/mol. The van der Waals surface area contributed by atoms with E-state index < -0.39 is 0 Å². The predicted molar refractivity (Wildman–Crippen MR) is 82.4 cm³/mol. The Labute approximate surface area is 125 Å². The van der Waals surface area contributed by atoms with Crippen LogP contribution in [0.3, 0.4) is 0 Å². The molecule has 1 aromatic heterocycles. The molecule has 112 valence electrons. The van der Waals surface area contributed by atoms with Crippen LogP contribution in [0.5, 0.6) is 0 Å². The third kappa shape index (κ3) is 4.76. The van der Waals surface area contributed by atoms with Gasteiger partial charge in [-0.15, -0.1) is 0 Å². The maximum absolute atomic E-state index is 5.91. The number of nitrogens with zero attached hydrogens (tertiary/aromatic N) is 4. The van der Waals surface area contributed by atoms with Gasteiger partial charge in [0.15, 0.2) is 0 Å². The lowest BCUT2D eigenvalue weighted by molar-refractivity contribution is 0.223. The van der Waals surface area contributed by atoms with Gasteiger partial charge >= 0.3 is 0 Å². The molecule has 1 aromatic rings. The molecule has 2 heterocycles. The first-order valence-corrected chi connectivity index (χ1v) is 7.69. The molecule has 1 saturated heterocycles. The van der Waals surface area contributed by atoms with Gasteiger partial charge in [0.2, 0.25) is 17.2 Å². The summed E-state index contributed by atoms with van der Waals surface area (Å²) in [5, 5.41) is 6.56. The van der Waals surface area contributed by atoms with Gasteiger partial charge in [-0.25, -0.2) is 0 Å². The molecule has 1 fully saturated rings. The summed E-state index contributed by atoms with van der Waals surface area (Å²) in [4.78, 5) is 14.9. The summed E-state index contributed by atoms with van der Waals surface area (Å²) in [6.45, 7) is 8.26. The zero-order valence-electron chi connectivity index (χ0n) is 12.2. The van der Waals surface area contributed by atoms with Gasteiger partial charge in [0.05, 0.1) is 0 Å². The van der Waals surface area contributed by atoms with E-state index in [2.05, 4.69) is 37.4 Å². The molecule has 2 rings (SSSR count). The van der Waals surface area contributed by atoms with E-state index in [4.69, 9.17) is 11.6 Å². The third-order valence-electron chi connectivity index (χ3n) is 3.30. The number of piperidine rings is 1. The zero-order chi connectivity index (χ0) is 14.4. The first-order valence-electron chi connectivity index (χ1n) is 7.31. The summed E-state index contributed by atoms with van der Waals surface area (Å²) < 4.78 is 0. The molecule has 2 N–H and O–H groups in total. The number of likely N-dealkylation sites (tertiary alicyclic amines) is 1. The summed E-state index contributed by atoms with van der Waals surface area (Å²) in [5.74, 6) is 1.05. The van der Waals surface area contributed by atoms with Gasteiger partial charge in [0.25, 0.3) is 0 Å². The number of halogens is 1. The van der Waals surface area contributed by atoms with Crippen molar-refractivity contribution in [2.24, 2.45) is 0 Å². The van der Waals surface area contributed by atoms with Crippen LogP contribution >= 0.6 is 11.6 Å². The van der Waals surface area contributed by atoms with Crippen LogP contribution < -0.4 is 10.6 Å². The van der Waals surface area contributed by atoms with Gasteiger partial charge in [0, 0.05) is 19.1 Å². The molecule has 1 atom stereocenters. The molecule has 0 aromatic carbocycles. The molecular weight excluding hydrogens is 276 g/mol. The van der Waals surface area contributed by atoms with E-state index in [-0.39, 0.29) is 11.3 Å². The molecule has 6 nitrogen and oxygen atoms in total. The number of rotatable bonds is 6. The minimum Gasteiger partial charge on any atom is -0.354 e. The van der Waals surface area contributed by atoms with Crippen molar-refractivity contribution in [1.29, 1.82) is 0 Å². The fraction of sp³-hybridized carbons (Fsp3) is 0.769. The third-order valence-corrected chi connectivity index (χ3v) is 3.47. The molecule has 0 saturated carbocycles. The van der Waals surface area contributed by atoms with Crippen molar-refractivity contribution in [3.63, 3.8) is 0 Å². The lowest BCUT2D eigenvalue weighted by atomic mass is 10.1. The predicted octanol–water partition coefficient (Wildman–Crippen LogP) is 2.24. The Kier molecular flexibility index (Phi) is 5.79. The van der Waals surface area contributed by atoms with Crippen molar-refractivity contribution in [2.75, 3.05) is 36.8 Å². The van der Waals surface area contributed by atoms with E-state index >= 15 is 0 Å². The fourth-order valence-electron chi connectivity index (χ4n) is 2.45. The van der Waals surface area contributed by atoms with Gasteiger partial charge in [-0.3, -0.25) is 0 Å². The topological polar surface area (TPSA) is 66.0 Å². The number of aromatic nitrogens is 3. The molecule has 0 amide bonds. The quantitative estimate of drug-likeness (QED) is 0.840. The normalized spacial score (nSPS) is 17.8. The minimum atomic E-state index is 0.212. The van der Waals surface area contributed by atoms with E-state index in [1.165, 1.54) is 32.4 Å². The lowest BCUT2D eigenvalue weighted by Gasteiger charge is -2.29. The Hall–Kier alpha value is -1.14. The fourth-order valence-corrected chi connectivity index (χ4v) is 2.61. The molecule has 0 aliphatic carbocycles. The molecule has 1 aliphatic rings. The van der Waals surface area contributed by atoms with Crippen LogP contribution in [-0.4, -0.2) is 52.1 Å². The molecule has 0 spiro atoms. The molecular formula is C13H23ClN6. The van der Waals surface area contributed by atoms with Crippen LogP contribution in [0.1, 0.15) is 33.1 Å². The second-order valence-corrected chi connectivity index (χ2v) is 5.53. The maximum atomic E-state index is 5.91. The Morgan fingerprint density at radius 1 is 1.15 bits per heavy atom. The summed E-state index contributed by atoms with van der Waals surface area (Å²) in [5.41, 5.74) is 0. The first-order chi connectivity index (χ1) is 9.67. The molecule has 7 heteroatoms. The summed E-state index contributed by atoms with van der Waals surface area (Å²) in [7, 11) is 0. The highest BCUT2D eigenvalue weighted by molar-refractivity contribution is 6.28.